The van der Waals surface area contributed by atoms with Crippen LogP contribution in [0.15, 0.2) is 34.9 Å². The molecule has 108 valence electrons. The van der Waals surface area contributed by atoms with Crippen LogP contribution in [0.25, 0.3) is 0 Å². The zero-order valence-electron chi connectivity index (χ0n) is 12.7. The molecular weight excluding hydrogens is 250 g/mol. The first-order valence-electron chi connectivity index (χ1n) is 6.99. The summed E-state index contributed by atoms with van der Waals surface area (Å²) in [6.45, 7) is 7.84. The Morgan fingerprint density at radius 3 is 2.75 bits per heavy atom. The van der Waals surface area contributed by atoms with Crippen molar-refractivity contribution in [3.63, 3.8) is 0 Å². The van der Waals surface area contributed by atoms with E-state index in [4.69, 9.17) is 4.42 Å². The Balaban J connectivity index is 2.02. The zero-order chi connectivity index (χ0) is 14.5. The first-order chi connectivity index (χ1) is 9.54. The van der Waals surface area contributed by atoms with E-state index in [1.807, 2.05) is 38.4 Å². The van der Waals surface area contributed by atoms with Gasteiger partial charge in [-0.15, -0.1) is 0 Å². The smallest absolute Gasteiger partial charge is 0.128 e. The minimum atomic E-state index is 0.482. The molecule has 2 aromatic heterocycles. The molecule has 2 rings (SSSR count). The molecule has 0 aliphatic heterocycles. The third kappa shape index (κ3) is 4.10. The summed E-state index contributed by atoms with van der Waals surface area (Å²) in [5, 5.41) is 3.42. The van der Waals surface area contributed by atoms with Crippen LogP contribution in [0, 0.1) is 6.92 Å². The third-order valence-corrected chi connectivity index (χ3v) is 3.10. The van der Waals surface area contributed by atoms with Crippen molar-refractivity contribution in [2.75, 3.05) is 11.9 Å². The Bertz CT molecular complexity index is 548. The summed E-state index contributed by atoms with van der Waals surface area (Å²) in [4.78, 5) is 6.52. The fourth-order valence-electron chi connectivity index (χ4n) is 1.99. The van der Waals surface area contributed by atoms with E-state index in [1.165, 1.54) is 5.56 Å². The molecule has 0 aliphatic rings. The van der Waals surface area contributed by atoms with Gasteiger partial charge in [0, 0.05) is 25.8 Å². The van der Waals surface area contributed by atoms with Crippen molar-refractivity contribution < 1.29 is 4.42 Å². The molecule has 0 amide bonds. The van der Waals surface area contributed by atoms with E-state index in [0.717, 1.165) is 30.4 Å². The third-order valence-electron chi connectivity index (χ3n) is 3.10. The van der Waals surface area contributed by atoms with Crippen molar-refractivity contribution in [1.29, 1.82) is 0 Å². The highest BCUT2D eigenvalue weighted by Crippen LogP contribution is 2.15. The van der Waals surface area contributed by atoms with Gasteiger partial charge in [-0.2, -0.15) is 0 Å². The van der Waals surface area contributed by atoms with E-state index in [9.17, 15) is 0 Å². The van der Waals surface area contributed by atoms with Gasteiger partial charge >= 0.3 is 0 Å². The molecule has 20 heavy (non-hydrogen) atoms. The van der Waals surface area contributed by atoms with Crippen molar-refractivity contribution in [1.82, 2.24) is 10.3 Å². The summed E-state index contributed by atoms with van der Waals surface area (Å²) < 4.78 is 5.60. The lowest BCUT2D eigenvalue weighted by Crippen LogP contribution is -2.22. The average Bonchev–Trinajstić information content (AvgIpc) is 2.82. The summed E-state index contributed by atoms with van der Waals surface area (Å²) in [7, 11) is 2.03. The first-order valence-corrected chi connectivity index (χ1v) is 6.99. The van der Waals surface area contributed by atoms with Crippen molar-refractivity contribution >= 4 is 5.82 Å². The van der Waals surface area contributed by atoms with Gasteiger partial charge in [-0.3, -0.25) is 0 Å². The second-order valence-corrected chi connectivity index (χ2v) is 5.43. The van der Waals surface area contributed by atoms with Gasteiger partial charge in [-0.1, -0.05) is 13.8 Å². The van der Waals surface area contributed by atoms with E-state index in [1.54, 1.807) is 0 Å². The molecule has 1 N–H and O–H groups in total. The second-order valence-electron chi connectivity index (χ2n) is 5.43. The molecule has 0 bridgehead atoms. The molecule has 2 heterocycles. The number of anilines is 1. The summed E-state index contributed by atoms with van der Waals surface area (Å²) in [6.07, 6.45) is 1.86. The number of nitrogens with zero attached hydrogens (tertiary/aromatic N) is 2. The van der Waals surface area contributed by atoms with Crippen LogP contribution in [0.1, 0.15) is 30.9 Å². The Labute approximate surface area is 120 Å². The van der Waals surface area contributed by atoms with Gasteiger partial charge in [0.2, 0.25) is 0 Å². The van der Waals surface area contributed by atoms with Gasteiger partial charge in [0.1, 0.15) is 17.3 Å². The predicted molar refractivity (Wildman–Crippen MR) is 81.8 cm³/mol. The minimum absolute atomic E-state index is 0.482. The van der Waals surface area contributed by atoms with Crippen LogP contribution in [-0.2, 0) is 13.1 Å². The van der Waals surface area contributed by atoms with Gasteiger partial charge in [0.15, 0.2) is 0 Å². The van der Waals surface area contributed by atoms with Crippen molar-refractivity contribution in [2.24, 2.45) is 0 Å². The molecule has 0 aromatic carbocycles. The normalized spacial score (nSPS) is 11.1. The maximum Gasteiger partial charge on any atom is 0.128 e. The molecule has 4 heteroatoms. The van der Waals surface area contributed by atoms with Crippen LogP contribution in [0.2, 0.25) is 0 Å². The molecule has 0 unspecified atom stereocenters. The van der Waals surface area contributed by atoms with E-state index < -0.39 is 0 Å². The first kappa shape index (κ1) is 14.6. The molecule has 0 saturated heterocycles. The summed E-state index contributed by atoms with van der Waals surface area (Å²) in [6, 6.07) is 8.64. The molecule has 0 aliphatic carbocycles. The van der Waals surface area contributed by atoms with Crippen LogP contribution >= 0.6 is 0 Å². The highest BCUT2D eigenvalue weighted by molar-refractivity contribution is 5.40. The highest BCUT2D eigenvalue weighted by atomic mass is 16.3. The van der Waals surface area contributed by atoms with Gasteiger partial charge in [0.05, 0.1) is 6.54 Å². The van der Waals surface area contributed by atoms with Gasteiger partial charge in [0.25, 0.3) is 0 Å². The Hall–Kier alpha value is -1.81. The Morgan fingerprint density at radius 2 is 2.10 bits per heavy atom. The maximum atomic E-state index is 5.60. The number of aryl methyl sites for hydroxylation is 1. The van der Waals surface area contributed by atoms with E-state index in [2.05, 4.69) is 35.1 Å². The minimum Gasteiger partial charge on any atom is -0.464 e. The lowest BCUT2D eigenvalue weighted by molar-refractivity contribution is 0.481. The maximum absolute atomic E-state index is 5.60. The van der Waals surface area contributed by atoms with Crippen molar-refractivity contribution in [3.8, 4) is 0 Å². The van der Waals surface area contributed by atoms with E-state index in [-0.39, 0.29) is 0 Å². The molecule has 0 spiro atoms. The largest absolute Gasteiger partial charge is 0.464 e. The molecule has 4 nitrogen and oxygen atoms in total. The standard InChI is InChI=1S/C16H23N3O/c1-12(2)18-10-14-7-8-17-16(9-14)19(4)11-15-6-5-13(3)20-15/h5-9,12,18H,10-11H2,1-4H3. The van der Waals surface area contributed by atoms with Gasteiger partial charge < -0.3 is 14.6 Å². The number of rotatable bonds is 6. The van der Waals surface area contributed by atoms with Crippen LogP contribution < -0.4 is 10.2 Å². The highest BCUT2D eigenvalue weighted by Gasteiger charge is 2.07. The van der Waals surface area contributed by atoms with Gasteiger partial charge in [-0.25, -0.2) is 4.98 Å². The van der Waals surface area contributed by atoms with Crippen LogP contribution in [0.5, 0.6) is 0 Å². The Kier molecular flexibility index (Phi) is 4.79. The topological polar surface area (TPSA) is 41.3 Å². The fraction of sp³-hybridized carbons (Fsp3) is 0.438. The fourth-order valence-corrected chi connectivity index (χ4v) is 1.99. The lowest BCUT2D eigenvalue weighted by Gasteiger charge is -2.18. The molecule has 2 aromatic rings. The van der Waals surface area contributed by atoms with Crippen LogP contribution in [0.4, 0.5) is 5.82 Å². The van der Waals surface area contributed by atoms with E-state index >= 15 is 0 Å². The summed E-state index contributed by atoms with van der Waals surface area (Å²) >= 11 is 0. The SMILES string of the molecule is Cc1ccc(CN(C)c2cc(CNC(C)C)ccn2)o1. The van der Waals surface area contributed by atoms with Gasteiger partial charge in [-0.05, 0) is 36.8 Å². The number of furan rings is 1. The number of hydrogen-bond donors (Lipinski definition) is 1. The summed E-state index contributed by atoms with van der Waals surface area (Å²) in [5.41, 5.74) is 1.24. The van der Waals surface area contributed by atoms with Crippen molar-refractivity contribution in [2.45, 2.75) is 39.9 Å². The number of nitrogens with one attached hydrogen (secondary N) is 1. The molecular formula is C16H23N3O. The molecule has 0 fully saturated rings. The summed E-state index contributed by atoms with van der Waals surface area (Å²) in [5.74, 6) is 2.86. The lowest BCUT2D eigenvalue weighted by atomic mass is 10.2. The number of aromatic nitrogens is 1. The molecule has 0 radical (unpaired) electrons. The van der Waals surface area contributed by atoms with E-state index in [0.29, 0.717) is 6.04 Å². The second kappa shape index (κ2) is 6.57. The Morgan fingerprint density at radius 1 is 1.30 bits per heavy atom. The quantitative estimate of drug-likeness (QED) is 0.878. The number of hydrogen-bond acceptors (Lipinski definition) is 4. The number of pyridine rings is 1. The van der Waals surface area contributed by atoms with Crippen LogP contribution in [-0.4, -0.2) is 18.1 Å². The molecule has 0 saturated carbocycles. The van der Waals surface area contributed by atoms with Crippen LogP contribution in [0.3, 0.4) is 0 Å². The van der Waals surface area contributed by atoms with Crippen molar-refractivity contribution in [3.05, 3.63) is 47.5 Å². The predicted octanol–water partition coefficient (Wildman–Crippen LogP) is 3.12. The average molecular weight is 273 g/mol. The molecule has 0 atom stereocenters. The zero-order valence-corrected chi connectivity index (χ0v) is 12.7. The monoisotopic (exact) mass is 273 g/mol.